The fraction of sp³-hybridized carbons (Fsp3) is 0.333. The number of carbonyl (C=O) groups excluding carboxylic acids is 2. The van der Waals surface area contributed by atoms with E-state index in [1.807, 2.05) is 37.3 Å². The molecule has 2 aromatic rings. The van der Waals surface area contributed by atoms with Crippen LogP contribution in [0.3, 0.4) is 0 Å². The summed E-state index contributed by atoms with van der Waals surface area (Å²) in [4.78, 5) is 27.0. The number of amides is 1. The van der Waals surface area contributed by atoms with Gasteiger partial charge in [-0.15, -0.1) is 11.8 Å². The van der Waals surface area contributed by atoms with E-state index in [2.05, 4.69) is 19.1 Å². The van der Waals surface area contributed by atoms with Crippen LogP contribution in [0.2, 0.25) is 0 Å². The first-order valence-corrected chi connectivity index (χ1v) is 9.72. The van der Waals surface area contributed by atoms with E-state index in [1.165, 1.54) is 34.0 Å². The first-order valence-electron chi connectivity index (χ1n) is 8.73. The Hall–Kier alpha value is -2.27. The fourth-order valence-electron chi connectivity index (χ4n) is 2.93. The topological polar surface area (TPSA) is 46.6 Å². The molecular weight excluding hydrogens is 346 g/mol. The largest absolute Gasteiger partial charge is 0.455 e. The highest BCUT2D eigenvalue weighted by Crippen LogP contribution is 2.21. The minimum absolute atomic E-state index is 0.135. The van der Waals surface area contributed by atoms with Crippen LogP contribution in [0.4, 0.5) is 0 Å². The van der Waals surface area contributed by atoms with Gasteiger partial charge in [-0.3, -0.25) is 9.59 Å². The molecule has 1 aliphatic heterocycles. The average Bonchev–Trinajstić information content (AvgIpc) is 2.66. The van der Waals surface area contributed by atoms with E-state index in [9.17, 15) is 9.59 Å². The molecule has 0 aliphatic carbocycles. The molecule has 0 N–H and O–H groups in total. The lowest BCUT2D eigenvalue weighted by Crippen LogP contribution is -2.38. The zero-order valence-corrected chi connectivity index (χ0v) is 16.0. The van der Waals surface area contributed by atoms with Crippen molar-refractivity contribution in [3.63, 3.8) is 0 Å². The van der Waals surface area contributed by atoms with Crippen molar-refractivity contribution in [3.8, 4) is 0 Å². The molecule has 0 spiro atoms. The Labute approximate surface area is 158 Å². The Morgan fingerprint density at radius 1 is 1.08 bits per heavy atom. The highest BCUT2D eigenvalue weighted by atomic mass is 32.2. The van der Waals surface area contributed by atoms with Crippen LogP contribution in [-0.4, -0.2) is 35.7 Å². The van der Waals surface area contributed by atoms with E-state index in [0.29, 0.717) is 13.1 Å². The van der Waals surface area contributed by atoms with Crippen LogP contribution in [0.25, 0.3) is 0 Å². The highest BCUT2D eigenvalue weighted by Gasteiger charge is 2.21. The quantitative estimate of drug-likeness (QED) is 0.598. The number of rotatable bonds is 5. The highest BCUT2D eigenvalue weighted by molar-refractivity contribution is 8.00. The van der Waals surface area contributed by atoms with Gasteiger partial charge in [0.25, 0.3) is 5.91 Å². The van der Waals surface area contributed by atoms with Gasteiger partial charge >= 0.3 is 5.97 Å². The molecule has 0 atom stereocenters. The molecule has 0 bridgehead atoms. The molecule has 1 heterocycles. The predicted octanol–water partition coefficient (Wildman–Crippen LogP) is 3.52. The van der Waals surface area contributed by atoms with Gasteiger partial charge in [-0.2, -0.15) is 0 Å². The van der Waals surface area contributed by atoms with Gasteiger partial charge in [0, 0.05) is 18.0 Å². The molecule has 3 rings (SSSR count). The third-order valence-corrected chi connectivity index (χ3v) is 5.64. The lowest BCUT2D eigenvalue weighted by molar-refractivity contribution is -0.150. The molecule has 1 aliphatic rings. The van der Waals surface area contributed by atoms with Crippen LogP contribution in [0, 0.1) is 13.8 Å². The van der Waals surface area contributed by atoms with Crippen LogP contribution in [-0.2, 0) is 27.3 Å². The summed E-state index contributed by atoms with van der Waals surface area (Å²) in [7, 11) is 0. The maximum atomic E-state index is 12.3. The summed E-state index contributed by atoms with van der Waals surface area (Å²) in [5.74, 6) is -0.290. The van der Waals surface area contributed by atoms with Crippen molar-refractivity contribution in [2.75, 3.05) is 18.9 Å². The molecule has 4 nitrogen and oxygen atoms in total. The van der Waals surface area contributed by atoms with Crippen molar-refractivity contribution in [2.24, 2.45) is 0 Å². The van der Waals surface area contributed by atoms with Gasteiger partial charge in [0.05, 0.1) is 5.75 Å². The number of benzene rings is 2. The van der Waals surface area contributed by atoms with Gasteiger partial charge in [-0.25, -0.2) is 0 Å². The van der Waals surface area contributed by atoms with Crippen LogP contribution >= 0.6 is 11.8 Å². The minimum Gasteiger partial charge on any atom is -0.455 e. The van der Waals surface area contributed by atoms with E-state index >= 15 is 0 Å². The van der Waals surface area contributed by atoms with Crippen molar-refractivity contribution < 1.29 is 14.3 Å². The minimum atomic E-state index is -0.362. The molecule has 26 heavy (non-hydrogen) atoms. The van der Waals surface area contributed by atoms with Crippen molar-refractivity contribution in [1.82, 2.24) is 4.90 Å². The smallest absolute Gasteiger partial charge is 0.316 e. The van der Waals surface area contributed by atoms with Crippen LogP contribution in [0.5, 0.6) is 0 Å². The van der Waals surface area contributed by atoms with E-state index in [0.717, 1.165) is 11.3 Å². The number of hydrogen-bond donors (Lipinski definition) is 0. The third kappa shape index (κ3) is 4.67. The summed E-state index contributed by atoms with van der Waals surface area (Å²) >= 11 is 1.43. The SMILES string of the molecule is Cc1ccc(SCC(=O)OCC(=O)N2CCc3ccccc3C2)cc1C. The number of esters is 1. The summed E-state index contributed by atoms with van der Waals surface area (Å²) in [6, 6.07) is 14.2. The fourth-order valence-corrected chi connectivity index (χ4v) is 3.72. The van der Waals surface area contributed by atoms with Gasteiger partial charge in [-0.05, 0) is 54.7 Å². The second-order valence-electron chi connectivity index (χ2n) is 6.53. The molecule has 5 heteroatoms. The molecule has 0 unspecified atom stereocenters. The molecule has 2 aromatic carbocycles. The van der Waals surface area contributed by atoms with Crippen LogP contribution in [0.1, 0.15) is 22.3 Å². The van der Waals surface area contributed by atoms with Crippen LogP contribution in [0.15, 0.2) is 47.4 Å². The summed E-state index contributed by atoms with van der Waals surface area (Å²) in [5, 5.41) is 0. The number of aryl methyl sites for hydroxylation is 2. The average molecular weight is 369 g/mol. The molecule has 0 saturated heterocycles. The number of hydrogen-bond acceptors (Lipinski definition) is 4. The second-order valence-corrected chi connectivity index (χ2v) is 7.58. The van der Waals surface area contributed by atoms with E-state index in [-0.39, 0.29) is 24.2 Å². The standard InChI is InChI=1S/C21H23NO3S/c1-15-7-8-19(11-16(15)2)26-14-21(24)25-13-20(23)22-10-9-17-5-3-4-6-18(17)12-22/h3-8,11H,9-10,12-14H2,1-2H3. The number of ether oxygens (including phenoxy) is 1. The van der Waals surface area contributed by atoms with E-state index < -0.39 is 0 Å². The second kappa shape index (κ2) is 8.41. The molecule has 0 radical (unpaired) electrons. The van der Waals surface area contributed by atoms with Crippen molar-refractivity contribution in [2.45, 2.75) is 31.7 Å². The molecule has 136 valence electrons. The Bertz CT molecular complexity index is 819. The van der Waals surface area contributed by atoms with Gasteiger partial charge in [0.1, 0.15) is 0 Å². The van der Waals surface area contributed by atoms with E-state index in [4.69, 9.17) is 4.74 Å². The summed E-state index contributed by atoms with van der Waals surface area (Å²) < 4.78 is 5.17. The summed E-state index contributed by atoms with van der Waals surface area (Å²) in [6.07, 6.45) is 0.846. The van der Waals surface area contributed by atoms with Crippen LogP contribution < -0.4 is 0 Å². The van der Waals surface area contributed by atoms with Gasteiger partial charge in [0.15, 0.2) is 6.61 Å². The monoisotopic (exact) mass is 369 g/mol. The van der Waals surface area contributed by atoms with E-state index in [1.54, 1.807) is 4.90 Å². The van der Waals surface area contributed by atoms with Crippen molar-refractivity contribution in [1.29, 1.82) is 0 Å². The van der Waals surface area contributed by atoms with Crippen molar-refractivity contribution >= 4 is 23.6 Å². The Morgan fingerprint density at radius 3 is 2.62 bits per heavy atom. The molecule has 0 saturated carbocycles. The normalized spacial score (nSPS) is 13.2. The van der Waals surface area contributed by atoms with Gasteiger partial charge in [0.2, 0.25) is 0 Å². The molecule has 0 aromatic heterocycles. The first-order chi connectivity index (χ1) is 12.5. The number of carbonyl (C=O) groups is 2. The zero-order chi connectivity index (χ0) is 18.5. The maximum absolute atomic E-state index is 12.3. The summed E-state index contributed by atoms with van der Waals surface area (Å²) in [5.41, 5.74) is 4.89. The van der Waals surface area contributed by atoms with Gasteiger partial charge < -0.3 is 9.64 Å². The predicted molar refractivity (Wildman–Crippen MR) is 103 cm³/mol. The number of thioether (sulfide) groups is 1. The molecule has 1 amide bonds. The van der Waals surface area contributed by atoms with Crippen molar-refractivity contribution in [3.05, 3.63) is 64.7 Å². The lowest BCUT2D eigenvalue weighted by Gasteiger charge is -2.28. The summed E-state index contributed by atoms with van der Waals surface area (Å²) in [6.45, 7) is 5.18. The molecule has 0 fully saturated rings. The number of nitrogens with zero attached hydrogens (tertiary/aromatic N) is 1. The zero-order valence-electron chi connectivity index (χ0n) is 15.2. The maximum Gasteiger partial charge on any atom is 0.316 e. The van der Waals surface area contributed by atoms with Gasteiger partial charge in [-0.1, -0.05) is 30.3 Å². The third-order valence-electron chi connectivity index (χ3n) is 4.68. The Balaban J connectivity index is 1.44. The Kier molecular flexibility index (Phi) is 5.99. The molecular formula is C21H23NO3S. The Morgan fingerprint density at radius 2 is 1.85 bits per heavy atom. The lowest BCUT2D eigenvalue weighted by atomic mass is 10.00. The first kappa shape index (κ1) is 18.5. The number of fused-ring (bicyclic) bond motifs is 1.